The topological polar surface area (TPSA) is 61.3 Å². The first-order valence-corrected chi connectivity index (χ1v) is 7.20. The first-order chi connectivity index (χ1) is 9.54. The van der Waals surface area contributed by atoms with E-state index in [4.69, 9.17) is 0 Å². The summed E-state index contributed by atoms with van der Waals surface area (Å²) in [5.74, 6) is 0.692. The van der Waals surface area contributed by atoms with Gasteiger partial charge in [0, 0.05) is 25.2 Å². The molecule has 1 unspecified atom stereocenters. The second kappa shape index (κ2) is 4.98. The number of hydrogen-bond donors (Lipinski definition) is 2. The number of nitrogens with zero attached hydrogens (tertiary/aromatic N) is 2. The number of aromatic amines is 1. The van der Waals surface area contributed by atoms with Gasteiger partial charge >= 0.3 is 5.69 Å². The van der Waals surface area contributed by atoms with Gasteiger partial charge in [0.05, 0.1) is 11.0 Å². The van der Waals surface area contributed by atoms with Gasteiger partial charge in [-0.25, -0.2) is 4.79 Å². The lowest BCUT2D eigenvalue weighted by atomic mass is 10.1. The van der Waals surface area contributed by atoms with Crippen molar-refractivity contribution in [3.63, 3.8) is 0 Å². The van der Waals surface area contributed by atoms with Crippen LogP contribution in [0.15, 0.2) is 23.0 Å². The average molecular weight is 275 g/mol. The molecule has 2 heterocycles. The monoisotopic (exact) mass is 275 g/mol. The van der Waals surface area contributed by atoms with E-state index in [2.05, 4.69) is 23.7 Å². The van der Waals surface area contributed by atoms with Crippen molar-refractivity contribution in [2.75, 3.05) is 13.1 Å². The molecule has 1 aliphatic rings. The number of phenols is 1. The van der Waals surface area contributed by atoms with Crippen molar-refractivity contribution in [1.29, 1.82) is 0 Å². The Morgan fingerprint density at radius 1 is 1.45 bits per heavy atom. The standard InChI is InChI=1S/C15H21N3O2/c1-10(2)17-6-5-11(8-17)9-18-14-7-12(19)3-4-13(14)16-15(18)20/h3-4,7,10-11,19H,5-6,8-9H2,1-2H3,(H,16,20). The molecule has 2 N–H and O–H groups in total. The number of imidazole rings is 1. The van der Waals surface area contributed by atoms with Gasteiger partial charge in [-0.15, -0.1) is 0 Å². The van der Waals surface area contributed by atoms with Crippen molar-refractivity contribution in [2.24, 2.45) is 5.92 Å². The zero-order valence-electron chi connectivity index (χ0n) is 12.0. The SMILES string of the molecule is CC(C)N1CCC(Cn2c(=O)[nH]c3ccc(O)cc32)C1. The summed E-state index contributed by atoms with van der Waals surface area (Å²) in [6.45, 7) is 7.27. The lowest BCUT2D eigenvalue weighted by Gasteiger charge is -2.20. The van der Waals surface area contributed by atoms with E-state index in [0.717, 1.165) is 30.5 Å². The molecule has 5 nitrogen and oxygen atoms in total. The van der Waals surface area contributed by atoms with Gasteiger partial charge in [-0.2, -0.15) is 0 Å². The maximum atomic E-state index is 12.1. The summed E-state index contributed by atoms with van der Waals surface area (Å²) in [5, 5.41) is 9.60. The van der Waals surface area contributed by atoms with Crippen LogP contribution in [0.1, 0.15) is 20.3 Å². The molecule has 1 atom stereocenters. The van der Waals surface area contributed by atoms with Crippen LogP contribution in [0.3, 0.4) is 0 Å². The molecule has 1 aliphatic heterocycles. The molecule has 0 aliphatic carbocycles. The maximum absolute atomic E-state index is 12.1. The molecule has 1 fully saturated rings. The van der Waals surface area contributed by atoms with Crippen molar-refractivity contribution in [3.05, 3.63) is 28.7 Å². The number of H-pyrrole nitrogens is 1. The summed E-state index contributed by atoms with van der Waals surface area (Å²) in [4.78, 5) is 17.4. The van der Waals surface area contributed by atoms with E-state index in [9.17, 15) is 9.90 Å². The fourth-order valence-electron chi connectivity index (χ4n) is 3.06. The molecule has 1 aromatic carbocycles. The van der Waals surface area contributed by atoms with Gasteiger partial charge in [0.25, 0.3) is 0 Å². The van der Waals surface area contributed by atoms with Crippen molar-refractivity contribution in [2.45, 2.75) is 32.9 Å². The Labute approximate surface area is 117 Å². The maximum Gasteiger partial charge on any atom is 0.326 e. The predicted octanol–water partition coefficient (Wildman–Crippen LogP) is 1.77. The quantitative estimate of drug-likeness (QED) is 0.897. The van der Waals surface area contributed by atoms with Crippen molar-refractivity contribution in [3.8, 4) is 5.75 Å². The number of aromatic hydroxyl groups is 1. The number of aromatic nitrogens is 2. The summed E-state index contributed by atoms with van der Waals surface area (Å²) < 4.78 is 1.75. The van der Waals surface area contributed by atoms with Crippen LogP contribution in [0.25, 0.3) is 11.0 Å². The molecule has 3 rings (SSSR count). The molecule has 20 heavy (non-hydrogen) atoms. The summed E-state index contributed by atoms with van der Waals surface area (Å²) in [5.41, 5.74) is 1.48. The van der Waals surface area contributed by atoms with Gasteiger partial charge in [0.1, 0.15) is 5.75 Å². The van der Waals surface area contributed by atoms with Crippen LogP contribution in [-0.4, -0.2) is 38.7 Å². The Kier molecular flexibility index (Phi) is 3.30. The molecular weight excluding hydrogens is 254 g/mol. The van der Waals surface area contributed by atoms with E-state index < -0.39 is 0 Å². The van der Waals surface area contributed by atoms with E-state index >= 15 is 0 Å². The van der Waals surface area contributed by atoms with E-state index in [-0.39, 0.29) is 11.4 Å². The lowest BCUT2D eigenvalue weighted by Crippen LogP contribution is -2.29. The number of likely N-dealkylation sites (tertiary alicyclic amines) is 1. The second-order valence-corrected chi connectivity index (χ2v) is 5.99. The Hall–Kier alpha value is -1.75. The third kappa shape index (κ3) is 2.33. The van der Waals surface area contributed by atoms with Crippen LogP contribution in [0, 0.1) is 5.92 Å². The molecule has 0 spiro atoms. The van der Waals surface area contributed by atoms with Gasteiger partial charge in [-0.05, 0) is 44.9 Å². The minimum absolute atomic E-state index is 0.0893. The Morgan fingerprint density at radius 2 is 2.25 bits per heavy atom. The molecule has 0 radical (unpaired) electrons. The lowest BCUT2D eigenvalue weighted by molar-refractivity contribution is 0.261. The van der Waals surface area contributed by atoms with E-state index in [1.165, 1.54) is 0 Å². The minimum atomic E-state index is -0.0893. The normalized spacial score (nSPS) is 20.2. The molecule has 1 saturated heterocycles. The molecule has 0 bridgehead atoms. The van der Waals surface area contributed by atoms with Crippen molar-refractivity contribution < 1.29 is 5.11 Å². The van der Waals surface area contributed by atoms with Crippen LogP contribution in [0.5, 0.6) is 5.75 Å². The first-order valence-electron chi connectivity index (χ1n) is 7.20. The molecule has 1 aromatic heterocycles. The third-order valence-electron chi connectivity index (χ3n) is 4.25. The van der Waals surface area contributed by atoms with Crippen LogP contribution in [-0.2, 0) is 6.54 Å². The zero-order valence-corrected chi connectivity index (χ0v) is 12.0. The summed E-state index contributed by atoms with van der Waals surface area (Å²) >= 11 is 0. The molecular formula is C15H21N3O2. The zero-order chi connectivity index (χ0) is 14.3. The summed E-state index contributed by atoms with van der Waals surface area (Å²) in [6.07, 6.45) is 1.12. The fourth-order valence-corrected chi connectivity index (χ4v) is 3.06. The number of hydrogen-bond acceptors (Lipinski definition) is 3. The highest BCUT2D eigenvalue weighted by Crippen LogP contribution is 2.22. The van der Waals surface area contributed by atoms with Gasteiger partial charge in [-0.3, -0.25) is 4.57 Å². The molecule has 2 aromatic rings. The highest BCUT2D eigenvalue weighted by molar-refractivity contribution is 5.76. The highest BCUT2D eigenvalue weighted by atomic mass is 16.3. The Balaban J connectivity index is 1.86. The Morgan fingerprint density at radius 3 is 2.95 bits per heavy atom. The van der Waals surface area contributed by atoms with Crippen LogP contribution in [0.2, 0.25) is 0 Å². The second-order valence-electron chi connectivity index (χ2n) is 5.99. The number of fused-ring (bicyclic) bond motifs is 1. The number of phenolic OH excluding ortho intramolecular Hbond substituents is 1. The Bertz CT molecular complexity index is 671. The van der Waals surface area contributed by atoms with Gasteiger partial charge in [0.15, 0.2) is 0 Å². The van der Waals surface area contributed by atoms with Gasteiger partial charge in [0.2, 0.25) is 0 Å². The molecule has 0 saturated carbocycles. The van der Waals surface area contributed by atoms with Crippen molar-refractivity contribution in [1.82, 2.24) is 14.5 Å². The smallest absolute Gasteiger partial charge is 0.326 e. The average Bonchev–Trinajstić information content (AvgIpc) is 2.97. The molecule has 5 heteroatoms. The summed E-state index contributed by atoms with van der Waals surface area (Å²) in [6, 6.07) is 5.56. The first kappa shape index (κ1) is 13.2. The van der Waals surface area contributed by atoms with Crippen LogP contribution in [0.4, 0.5) is 0 Å². The molecule has 108 valence electrons. The number of nitrogens with one attached hydrogen (secondary N) is 1. The predicted molar refractivity (Wildman–Crippen MR) is 79.0 cm³/mol. The third-order valence-corrected chi connectivity index (χ3v) is 4.25. The van der Waals surface area contributed by atoms with Crippen molar-refractivity contribution >= 4 is 11.0 Å². The van der Waals surface area contributed by atoms with Crippen LogP contribution >= 0.6 is 0 Å². The van der Waals surface area contributed by atoms with Gasteiger partial charge in [-0.1, -0.05) is 0 Å². The number of benzene rings is 1. The largest absolute Gasteiger partial charge is 0.508 e. The summed E-state index contributed by atoms with van der Waals surface area (Å²) in [7, 11) is 0. The van der Waals surface area contributed by atoms with E-state index in [1.807, 2.05) is 0 Å². The minimum Gasteiger partial charge on any atom is -0.508 e. The molecule has 0 amide bonds. The fraction of sp³-hybridized carbons (Fsp3) is 0.533. The van der Waals surface area contributed by atoms with Gasteiger partial charge < -0.3 is 15.0 Å². The number of rotatable bonds is 3. The van der Waals surface area contributed by atoms with E-state index in [1.54, 1.807) is 22.8 Å². The van der Waals surface area contributed by atoms with Crippen LogP contribution < -0.4 is 5.69 Å². The van der Waals surface area contributed by atoms with E-state index in [0.29, 0.717) is 18.5 Å². The highest BCUT2D eigenvalue weighted by Gasteiger charge is 2.25.